The maximum absolute atomic E-state index is 13.7. The van der Waals surface area contributed by atoms with Crippen LogP contribution in [0.25, 0.3) is 10.9 Å². The van der Waals surface area contributed by atoms with E-state index < -0.39 is 17.6 Å². The highest BCUT2D eigenvalue weighted by molar-refractivity contribution is 5.92. The minimum absolute atomic E-state index is 0.0812. The van der Waals surface area contributed by atoms with Crippen molar-refractivity contribution >= 4 is 23.2 Å². The molecule has 0 unspecified atom stereocenters. The zero-order valence-electron chi connectivity index (χ0n) is 18.7. The number of carbonyl (C=O) groups is 1. The van der Waals surface area contributed by atoms with Crippen LogP contribution in [0.5, 0.6) is 0 Å². The summed E-state index contributed by atoms with van der Waals surface area (Å²) < 4.78 is 21.3. The van der Waals surface area contributed by atoms with E-state index in [-0.39, 0.29) is 6.04 Å². The number of rotatable bonds is 5. The second-order valence-corrected chi connectivity index (χ2v) is 8.91. The molecule has 0 radical (unpaired) electrons. The quantitative estimate of drug-likeness (QED) is 0.368. The molecule has 3 aromatic rings. The second kappa shape index (κ2) is 8.61. The summed E-state index contributed by atoms with van der Waals surface area (Å²) in [6.45, 7) is 5.96. The number of carbonyl (C=O) groups excluding carboxylic acids is 1. The normalized spacial score (nSPS) is 15.8. The van der Waals surface area contributed by atoms with Gasteiger partial charge in [0.2, 0.25) is 5.95 Å². The van der Waals surface area contributed by atoms with Crippen LogP contribution in [0.3, 0.4) is 0 Å². The summed E-state index contributed by atoms with van der Waals surface area (Å²) in [5.41, 5.74) is 4.28. The van der Waals surface area contributed by atoms with E-state index in [9.17, 15) is 9.18 Å². The Balaban J connectivity index is 1.69. The molecule has 1 aliphatic carbocycles. The number of amides is 1. The molecule has 1 amide bonds. The molecule has 32 heavy (non-hydrogen) atoms. The van der Waals surface area contributed by atoms with Crippen molar-refractivity contribution in [1.29, 1.82) is 0 Å². The summed E-state index contributed by atoms with van der Waals surface area (Å²) in [4.78, 5) is 21.2. The Morgan fingerprint density at radius 1 is 1.31 bits per heavy atom. The lowest BCUT2D eigenvalue weighted by Crippen LogP contribution is -2.39. The SMILES string of the molecule is CON=Cc1ccc2c(c1)c1c(n2Cc2cccc(F)n2)C[C@H](NC(=O)OC(C)(C)C)C1. The molecular weight excluding hydrogens is 411 g/mol. The first-order valence-electron chi connectivity index (χ1n) is 10.5. The molecule has 0 saturated heterocycles. The minimum Gasteiger partial charge on any atom is -0.444 e. The molecule has 0 fully saturated rings. The first-order chi connectivity index (χ1) is 15.2. The van der Waals surface area contributed by atoms with Crippen LogP contribution in [0, 0.1) is 5.95 Å². The molecule has 4 rings (SSSR count). The molecule has 1 aromatic carbocycles. The lowest BCUT2D eigenvalue weighted by Gasteiger charge is -2.22. The third-order valence-corrected chi connectivity index (χ3v) is 5.32. The van der Waals surface area contributed by atoms with Crippen molar-refractivity contribution in [2.24, 2.45) is 5.16 Å². The molecule has 0 spiro atoms. The summed E-state index contributed by atoms with van der Waals surface area (Å²) in [5, 5.41) is 7.92. The highest BCUT2D eigenvalue weighted by Crippen LogP contribution is 2.34. The van der Waals surface area contributed by atoms with Crippen molar-refractivity contribution in [3.05, 3.63) is 64.9 Å². The largest absolute Gasteiger partial charge is 0.444 e. The number of nitrogens with zero attached hydrogens (tertiary/aromatic N) is 3. The number of hydrogen-bond donors (Lipinski definition) is 1. The van der Waals surface area contributed by atoms with E-state index >= 15 is 0 Å². The Labute approximate surface area is 186 Å². The Hall–Kier alpha value is -3.42. The smallest absolute Gasteiger partial charge is 0.407 e. The molecule has 1 aliphatic rings. The predicted octanol–water partition coefficient (Wildman–Crippen LogP) is 4.20. The van der Waals surface area contributed by atoms with Crippen molar-refractivity contribution < 1.29 is 18.8 Å². The van der Waals surface area contributed by atoms with Gasteiger partial charge in [-0.1, -0.05) is 17.3 Å². The van der Waals surface area contributed by atoms with E-state index in [4.69, 9.17) is 9.57 Å². The first-order valence-corrected chi connectivity index (χ1v) is 10.5. The maximum Gasteiger partial charge on any atom is 0.407 e. The van der Waals surface area contributed by atoms with Gasteiger partial charge in [-0.25, -0.2) is 9.78 Å². The van der Waals surface area contributed by atoms with Crippen molar-refractivity contribution in [2.75, 3.05) is 7.11 Å². The molecule has 0 bridgehead atoms. The van der Waals surface area contributed by atoms with Crippen LogP contribution in [0.15, 0.2) is 41.6 Å². The summed E-state index contributed by atoms with van der Waals surface area (Å²) in [5.74, 6) is -0.502. The third-order valence-electron chi connectivity index (χ3n) is 5.32. The second-order valence-electron chi connectivity index (χ2n) is 8.91. The highest BCUT2D eigenvalue weighted by atomic mass is 19.1. The summed E-state index contributed by atoms with van der Waals surface area (Å²) in [6.07, 6.45) is 2.56. The van der Waals surface area contributed by atoms with Gasteiger partial charge >= 0.3 is 6.09 Å². The van der Waals surface area contributed by atoms with Crippen LogP contribution >= 0.6 is 0 Å². The Morgan fingerprint density at radius 2 is 2.12 bits per heavy atom. The van der Waals surface area contributed by atoms with E-state index in [2.05, 4.69) is 26.1 Å². The number of ether oxygens (including phenoxy) is 1. The lowest BCUT2D eigenvalue weighted by atomic mass is 10.1. The summed E-state index contributed by atoms with van der Waals surface area (Å²) >= 11 is 0. The van der Waals surface area contributed by atoms with Gasteiger partial charge in [0.25, 0.3) is 0 Å². The number of alkyl carbamates (subject to hydrolysis) is 1. The topological polar surface area (TPSA) is 77.7 Å². The number of pyridine rings is 1. The number of oxime groups is 1. The Morgan fingerprint density at radius 3 is 2.84 bits per heavy atom. The predicted molar refractivity (Wildman–Crippen MR) is 120 cm³/mol. The minimum atomic E-state index is -0.559. The van der Waals surface area contributed by atoms with Crippen LogP contribution < -0.4 is 5.32 Å². The van der Waals surface area contributed by atoms with E-state index in [1.807, 2.05) is 39.0 Å². The molecule has 0 aliphatic heterocycles. The van der Waals surface area contributed by atoms with Gasteiger partial charge in [0.05, 0.1) is 18.5 Å². The summed E-state index contributed by atoms with van der Waals surface area (Å²) in [7, 11) is 1.50. The number of aromatic nitrogens is 2. The van der Waals surface area contributed by atoms with Gasteiger partial charge in [0, 0.05) is 29.1 Å². The van der Waals surface area contributed by atoms with Crippen molar-refractivity contribution in [1.82, 2.24) is 14.9 Å². The van der Waals surface area contributed by atoms with Crippen LogP contribution in [-0.2, 0) is 29.0 Å². The zero-order valence-corrected chi connectivity index (χ0v) is 18.7. The summed E-state index contributed by atoms with van der Waals surface area (Å²) in [6, 6.07) is 10.8. The van der Waals surface area contributed by atoms with Crippen LogP contribution in [0.1, 0.15) is 43.3 Å². The lowest BCUT2D eigenvalue weighted by molar-refractivity contribution is 0.0506. The van der Waals surface area contributed by atoms with Crippen LogP contribution in [-0.4, -0.2) is 40.6 Å². The van der Waals surface area contributed by atoms with Crippen molar-refractivity contribution in [3.8, 4) is 0 Å². The van der Waals surface area contributed by atoms with Crippen molar-refractivity contribution in [2.45, 2.75) is 51.8 Å². The fraction of sp³-hybridized carbons (Fsp3) is 0.375. The molecule has 2 aromatic heterocycles. The van der Waals surface area contributed by atoms with E-state index in [0.29, 0.717) is 25.1 Å². The van der Waals surface area contributed by atoms with Gasteiger partial charge in [-0.2, -0.15) is 4.39 Å². The van der Waals surface area contributed by atoms with Crippen LogP contribution in [0.2, 0.25) is 0 Å². The molecule has 8 heteroatoms. The number of benzene rings is 1. The maximum atomic E-state index is 13.7. The number of halogens is 1. The molecule has 0 saturated carbocycles. The van der Waals surface area contributed by atoms with Crippen molar-refractivity contribution in [3.63, 3.8) is 0 Å². The molecule has 1 atom stereocenters. The van der Waals surface area contributed by atoms with Crippen LogP contribution in [0.4, 0.5) is 9.18 Å². The van der Waals surface area contributed by atoms with Gasteiger partial charge in [-0.15, -0.1) is 0 Å². The number of fused-ring (bicyclic) bond motifs is 3. The highest BCUT2D eigenvalue weighted by Gasteiger charge is 2.31. The van der Waals surface area contributed by atoms with E-state index in [0.717, 1.165) is 27.7 Å². The number of nitrogens with one attached hydrogen (secondary N) is 1. The Kier molecular flexibility index (Phi) is 5.86. The fourth-order valence-electron chi connectivity index (χ4n) is 4.16. The number of hydrogen-bond acceptors (Lipinski definition) is 5. The molecule has 2 heterocycles. The standard InChI is InChI=1S/C24H27FN4O3/c1-24(2,3)32-23(30)28-17-11-19-18-10-15(13-26-31-4)8-9-20(18)29(21(19)12-17)14-16-6-5-7-22(25)27-16/h5-10,13,17H,11-12,14H2,1-4H3,(H,28,30)/t17-/m1/s1. The third kappa shape index (κ3) is 4.74. The Bertz CT molecular complexity index is 1180. The zero-order chi connectivity index (χ0) is 22.9. The monoisotopic (exact) mass is 438 g/mol. The molecule has 1 N–H and O–H groups in total. The average Bonchev–Trinajstić information content (AvgIpc) is 3.23. The molecular formula is C24H27FN4O3. The molecule has 168 valence electrons. The van der Waals surface area contributed by atoms with Gasteiger partial charge < -0.3 is 19.5 Å². The van der Waals surface area contributed by atoms with E-state index in [1.54, 1.807) is 12.3 Å². The molecule has 7 nitrogen and oxygen atoms in total. The first kappa shape index (κ1) is 21.8. The average molecular weight is 439 g/mol. The van der Waals surface area contributed by atoms with Gasteiger partial charge in [-0.3, -0.25) is 0 Å². The van der Waals surface area contributed by atoms with Gasteiger partial charge in [0.15, 0.2) is 0 Å². The van der Waals surface area contributed by atoms with E-state index in [1.165, 1.54) is 13.2 Å². The van der Waals surface area contributed by atoms with Gasteiger partial charge in [-0.05, 0) is 62.6 Å². The van der Waals surface area contributed by atoms with Gasteiger partial charge in [0.1, 0.15) is 12.7 Å². The fourth-order valence-corrected chi connectivity index (χ4v) is 4.16.